The number of amides is 1. The van der Waals surface area contributed by atoms with Gasteiger partial charge >= 0.3 is 5.97 Å². The van der Waals surface area contributed by atoms with Crippen LogP contribution >= 0.6 is 0 Å². The average Bonchev–Trinajstić information content (AvgIpc) is 3.19. The molecule has 5 nitrogen and oxygen atoms in total. The van der Waals surface area contributed by atoms with Crippen molar-refractivity contribution in [2.24, 2.45) is 0 Å². The molecule has 0 unspecified atom stereocenters. The Morgan fingerprint density at radius 2 is 1.67 bits per heavy atom. The van der Waals surface area contributed by atoms with E-state index in [1.807, 2.05) is 48.3 Å². The summed E-state index contributed by atoms with van der Waals surface area (Å²) < 4.78 is 15.9. The van der Waals surface area contributed by atoms with E-state index in [0.717, 1.165) is 39.7 Å². The molecule has 0 saturated heterocycles. The predicted molar refractivity (Wildman–Crippen MR) is 137 cm³/mol. The number of halogens is 1. The Labute approximate surface area is 209 Å². The van der Waals surface area contributed by atoms with Crippen LogP contribution in [0.3, 0.4) is 0 Å². The zero-order valence-electron chi connectivity index (χ0n) is 20.2. The van der Waals surface area contributed by atoms with Gasteiger partial charge in [0.05, 0.1) is 0 Å². The molecule has 1 aliphatic rings. The number of carboxylic acids is 1. The van der Waals surface area contributed by atoms with Gasteiger partial charge in [-0.1, -0.05) is 60.7 Å². The minimum absolute atomic E-state index is 0.0376. The Morgan fingerprint density at radius 3 is 2.28 bits per heavy atom. The van der Waals surface area contributed by atoms with Crippen molar-refractivity contribution in [1.82, 2.24) is 9.47 Å². The van der Waals surface area contributed by atoms with Crippen molar-refractivity contribution in [2.75, 3.05) is 7.05 Å². The topological polar surface area (TPSA) is 62.5 Å². The van der Waals surface area contributed by atoms with E-state index in [1.165, 1.54) is 12.1 Å². The van der Waals surface area contributed by atoms with E-state index in [0.29, 0.717) is 19.3 Å². The number of rotatable bonds is 7. The largest absolute Gasteiger partial charge is 0.480 e. The lowest BCUT2D eigenvalue weighted by Gasteiger charge is -2.33. The molecule has 1 aromatic heterocycles. The highest BCUT2D eigenvalue weighted by molar-refractivity contribution is 5.87. The van der Waals surface area contributed by atoms with E-state index in [-0.39, 0.29) is 30.2 Å². The summed E-state index contributed by atoms with van der Waals surface area (Å²) in [5.74, 6) is -1.27. The van der Waals surface area contributed by atoms with E-state index < -0.39 is 5.97 Å². The Morgan fingerprint density at radius 1 is 1.03 bits per heavy atom. The van der Waals surface area contributed by atoms with Gasteiger partial charge in [0, 0.05) is 42.0 Å². The van der Waals surface area contributed by atoms with E-state index in [4.69, 9.17) is 0 Å². The summed E-state index contributed by atoms with van der Waals surface area (Å²) in [6.45, 7) is -0.160. The van der Waals surface area contributed by atoms with Crippen molar-refractivity contribution in [2.45, 2.75) is 44.2 Å². The van der Waals surface area contributed by atoms with Crippen LogP contribution < -0.4 is 0 Å². The summed E-state index contributed by atoms with van der Waals surface area (Å²) in [5, 5.41) is 10.2. The van der Waals surface area contributed by atoms with Crippen molar-refractivity contribution in [3.63, 3.8) is 0 Å². The second-order valence-electron chi connectivity index (χ2n) is 9.55. The number of hydrogen-bond donors (Lipinski definition) is 1. The fourth-order valence-electron chi connectivity index (χ4n) is 5.57. The van der Waals surface area contributed by atoms with Crippen molar-refractivity contribution < 1.29 is 19.1 Å². The lowest BCUT2D eigenvalue weighted by molar-refractivity contribution is -0.137. The second-order valence-corrected chi connectivity index (χ2v) is 9.55. The summed E-state index contributed by atoms with van der Waals surface area (Å²) in [6, 6.07) is 24.6. The fraction of sp³-hybridized carbons (Fsp3) is 0.267. The quantitative estimate of drug-likeness (QED) is 0.382. The molecular formula is C30H29FN2O3. The van der Waals surface area contributed by atoms with Gasteiger partial charge in [0.25, 0.3) is 0 Å². The zero-order chi connectivity index (χ0) is 25.2. The normalized spacial score (nSPS) is 15.1. The standard InChI is InChI=1S/C30H29FN2O3/c1-32(29(34)18-24(20-8-4-2-5-9-20)21-10-6-3-7-11-21)23-13-15-28-26(17-23)25-16-22(31)12-14-27(25)33(28)19-30(35)36/h2-12,14,16,23-24H,13,15,17-19H2,1H3,(H,35,36)/t23-/m0/s1. The summed E-state index contributed by atoms with van der Waals surface area (Å²) >= 11 is 0. The van der Waals surface area contributed by atoms with Gasteiger partial charge in [0.2, 0.25) is 5.91 Å². The highest BCUT2D eigenvalue weighted by Gasteiger charge is 2.31. The number of carboxylic acid groups (broad SMARTS) is 1. The molecule has 6 heteroatoms. The number of benzene rings is 3. The Kier molecular flexibility index (Phi) is 6.59. The molecule has 0 aliphatic heterocycles. The van der Waals surface area contributed by atoms with Crippen molar-refractivity contribution in [3.05, 3.63) is 107 Å². The minimum atomic E-state index is -0.929. The third kappa shape index (κ3) is 4.63. The smallest absolute Gasteiger partial charge is 0.323 e. The molecule has 0 spiro atoms. The lowest BCUT2D eigenvalue weighted by Crippen LogP contribution is -2.41. The average molecular weight is 485 g/mol. The molecule has 0 radical (unpaired) electrons. The van der Waals surface area contributed by atoms with Gasteiger partial charge < -0.3 is 14.6 Å². The number of carbonyl (C=O) groups excluding carboxylic acids is 1. The van der Waals surface area contributed by atoms with Crippen LogP contribution in [0.1, 0.15) is 41.1 Å². The van der Waals surface area contributed by atoms with Gasteiger partial charge in [-0.25, -0.2) is 4.39 Å². The molecule has 1 amide bonds. The van der Waals surface area contributed by atoms with Crippen LogP contribution in [-0.2, 0) is 29.0 Å². The molecule has 0 bridgehead atoms. The minimum Gasteiger partial charge on any atom is -0.480 e. The number of aromatic nitrogens is 1. The lowest BCUT2D eigenvalue weighted by atomic mass is 9.87. The number of fused-ring (bicyclic) bond motifs is 3. The number of likely N-dealkylation sites (N-methyl/N-ethyl adjacent to an activating group) is 1. The van der Waals surface area contributed by atoms with Crippen LogP contribution in [0.2, 0.25) is 0 Å². The van der Waals surface area contributed by atoms with Gasteiger partial charge in [0.15, 0.2) is 0 Å². The summed E-state index contributed by atoms with van der Waals surface area (Å²) in [6.07, 6.45) is 2.30. The van der Waals surface area contributed by atoms with Crippen molar-refractivity contribution in [1.29, 1.82) is 0 Å². The molecular weight excluding hydrogens is 455 g/mol. The number of nitrogens with zero attached hydrogens (tertiary/aromatic N) is 2. The van der Waals surface area contributed by atoms with Crippen LogP contribution in [0.15, 0.2) is 78.9 Å². The molecule has 0 saturated carbocycles. The molecule has 1 heterocycles. The van der Waals surface area contributed by atoms with Gasteiger partial charge in [-0.2, -0.15) is 0 Å². The first-order valence-corrected chi connectivity index (χ1v) is 12.3. The molecule has 3 aromatic carbocycles. The molecule has 1 aliphatic carbocycles. The van der Waals surface area contributed by atoms with Crippen LogP contribution in [0, 0.1) is 5.82 Å². The van der Waals surface area contributed by atoms with E-state index in [1.54, 1.807) is 10.6 Å². The Bertz CT molecular complexity index is 1360. The molecule has 1 atom stereocenters. The van der Waals surface area contributed by atoms with Crippen LogP contribution in [-0.4, -0.2) is 39.5 Å². The SMILES string of the molecule is CN(C(=O)CC(c1ccccc1)c1ccccc1)[C@H]1CCc2c(c3cc(F)ccc3n2CC(=O)O)C1. The van der Waals surface area contributed by atoms with Crippen LogP contribution in [0.4, 0.5) is 4.39 Å². The van der Waals surface area contributed by atoms with Gasteiger partial charge in [-0.15, -0.1) is 0 Å². The zero-order valence-corrected chi connectivity index (χ0v) is 20.2. The Hall–Kier alpha value is -3.93. The maximum atomic E-state index is 14.1. The molecule has 184 valence electrons. The van der Waals surface area contributed by atoms with Crippen molar-refractivity contribution >= 4 is 22.8 Å². The van der Waals surface area contributed by atoms with E-state index >= 15 is 0 Å². The van der Waals surface area contributed by atoms with Gasteiger partial charge in [-0.05, 0) is 54.2 Å². The summed E-state index contributed by atoms with van der Waals surface area (Å²) in [4.78, 5) is 26.9. The molecule has 4 aromatic rings. The number of hydrogen-bond acceptors (Lipinski definition) is 2. The van der Waals surface area contributed by atoms with Gasteiger partial charge in [-0.3, -0.25) is 9.59 Å². The highest BCUT2D eigenvalue weighted by Crippen LogP contribution is 2.35. The third-order valence-electron chi connectivity index (χ3n) is 7.42. The highest BCUT2D eigenvalue weighted by atomic mass is 19.1. The van der Waals surface area contributed by atoms with Crippen LogP contribution in [0.5, 0.6) is 0 Å². The monoisotopic (exact) mass is 484 g/mol. The summed E-state index contributed by atoms with van der Waals surface area (Å²) in [7, 11) is 1.85. The molecule has 5 rings (SSSR count). The molecule has 1 N–H and O–H groups in total. The number of aliphatic carboxylic acids is 1. The molecule has 36 heavy (non-hydrogen) atoms. The molecule has 0 fully saturated rings. The fourth-order valence-corrected chi connectivity index (χ4v) is 5.57. The Balaban J connectivity index is 1.41. The van der Waals surface area contributed by atoms with Gasteiger partial charge in [0.1, 0.15) is 12.4 Å². The van der Waals surface area contributed by atoms with Crippen LogP contribution in [0.25, 0.3) is 10.9 Å². The summed E-state index contributed by atoms with van der Waals surface area (Å²) in [5.41, 5.74) is 4.81. The first-order chi connectivity index (χ1) is 17.4. The number of carbonyl (C=O) groups is 2. The van der Waals surface area contributed by atoms with E-state index in [2.05, 4.69) is 24.3 Å². The first-order valence-electron chi connectivity index (χ1n) is 12.3. The van der Waals surface area contributed by atoms with E-state index in [9.17, 15) is 19.1 Å². The maximum Gasteiger partial charge on any atom is 0.323 e. The maximum absolute atomic E-state index is 14.1. The second kappa shape index (κ2) is 9.97. The van der Waals surface area contributed by atoms with Crippen molar-refractivity contribution in [3.8, 4) is 0 Å². The predicted octanol–water partition coefficient (Wildman–Crippen LogP) is 5.40. The first kappa shape index (κ1) is 23.8. The third-order valence-corrected chi connectivity index (χ3v) is 7.42.